The Morgan fingerprint density at radius 1 is 1.33 bits per heavy atom. The molecule has 2 aromatic rings. The standard InChI is InChI=1S/C15H17N3O3/c1-11-4-3-8-16-12(11)5-6-13-17-18-14(21-13)15(19-2)7-9-20-10-15/h3-6,8H,7,9-10H2,1-2H3. The zero-order valence-corrected chi connectivity index (χ0v) is 12.1. The molecule has 110 valence electrons. The lowest BCUT2D eigenvalue weighted by Gasteiger charge is -2.20. The molecule has 1 aliphatic rings. The Balaban J connectivity index is 1.81. The van der Waals surface area contributed by atoms with Crippen LogP contribution in [0.1, 0.15) is 29.5 Å². The first-order valence-electron chi connectivity index (χ1n) is 6.80. The van der Waals surface area contributed by atoms with Crippen molar-refractivity contribution in [3.63, 3.8) is 0 Å². The van der Waals surface area contributed by atoms with E-state index in [0.29, 0.717) is 31.4 Å². The molecular formula is C15H17N3O3. The Labute approximate surface area is 122 Å². The number of hydrogen-bond donors (Lipinski definition) is 0. The summed E-state index contributed by atoms with van der Waals surface area (Å²) in [5.74, 6) is 0.887. The third-order valence-electron chi connectivity index (χ3n) is 3.64. The van der Waals surface area contributed by atoms with Crippen LogP contribution in [0.5, 0.6) is 0 Å². The summed E-state index contributed by atoms with van der Waals surface area (Å²) in [6.07, 6.45) is 6.08. The summed E-state index contributed by atoms with van der Waals surface area (Å²) in [6.45, 7) is 3.07. The first-order chi connectivity index (χ1) is 10.2. The molecule has 0 spiro atoms. The number of methoxy groups -OCH3 is 1. The maximum Gasteiger partial charge on any atom is 0.251 e. The lowest BCUT2D eigenvalue weighted by Crippen LogP contribution is -2.29. The Morgan fingerprint density at radius 2 is 2.24 bits per heavy atom. The van der Waals surface area contributed by atoms with Gasteiger partial charge in [0.25, 0.3) is 5.89 Å². The Kier molecular flexibility index (Phi) is 3.81. The highest BCUT2D eigenvalue weighted by molar-refractivity contribution is 5.65. The quantitative estimate of drug-likeness (QED) is 0.858. The lowest BCUT2D eigenvalue weighted by molar-refractivity contribution is -0.0412. The van der Waals surface area contributed by atoms with Gasteiger partial charge in [0.15, 0.2) is 5.60 Å². The molecular weight excluding hydrogens is 270 g/mol. The number of nitrogens with zero attached hydrogens (tertiary/aromatic N) is 3. The highest BCUT2D eigenvalue weighted by Gasteiger charge is 2.42. The average molecular weight is 287 g/mol. The van der Waals surface area contributed by atoms with Gasteiger partial charge in [-0.05, 0) is 24.6 Å². The van der Waals surface area contributed by atoms with Gasteiger partial charge in [-0.2, -0.15) is 0 Å². The van der Waals surface area contributed by atoms with E-state index in [2.05, 4.69) is 15.2 Å². The van der Waals surface area contributed by atoms with E-state index in [4.69, 9.17) is 13.9 Å². The van der Waals surface area contributed by atoms with E-state index < -0.39 is 5.60 Å². The first kappa shape index (κ1) is 13.9. The van der Waals surface area contributed by atoms with E-state index >= 15 is 0 Å². The molecule has 2 aromatic heterocycles. The van der Waals surface area contributed by atoms with E-state index in [9.17, 15) is 0 Å². The Bertz CT molecular complexity index is 645. The van der Waals surface area contributed by atoms with Crippen LogP contribution >= 0.6 is 0 Å². The fourth-order valence-electron chi connectivity index (χ4n) is 2.27. The zero-order chi connectivity index (χ0) is 14.7. The number of hydrogen-bond acceptors (Lipinski definition) is 6. The van der Waals surface area contributed by atoms with Crippen LogP contribution in [-0.2, 0) is 15.1 Å². The van der Waals surface area contributed by atoms with Crippen LogP contribution < -0.4 is 0 Å². The second-order valence-corrected chi connectivity index (χ2v) is 4.99. The van der Waals surface area contributed by atoms with Gasteiger partial charge in [-0.15, -0.1) is 10.2 Å². The molecule has 1 saturated heterocycles. The summed E-state index contributed by atoms with van der Waals surface area (Å²) in [6, 6.07) is 3.90. The molecule has 0 saturated carbocycles. The lowest BCUT2D eigenvalue weighted by atomic mass is 10.0. The van der Waals surface area contributed by atoms with Crippen molar-refractivity contribution in [2.75, 3.05) is 20.3 Å². The smallest absolute Gasteiger partial charge is 0.251 e. The maximum atomic E-state index is 5.68. The first-order valence-corrected chi connectivity index (χ1v) is 6.80. The predicted molar refractivity (Wildman–Crippen MR) is 76.3 cm³/mol. The van der Waals surface area contributed by atoms with Crippen LogP contribution in [-0.4, -0.2) is 35.5 Å². The predicted octanol–water partition coefficient (Wildman–Crippen LogP) is 2.21. The third-order valence-corrected chi connectivity index (χ3v) is 3.64. The van der Waals surface area contributed by atoms with Crippen LogP contribution in [0.25, 0.3) is 12.2 Å². The van der Waals surface area contributed by atoms with E-state index in [1.54, 1.807) is 19.4 Å². The largest absolute Gasteiger partial charge is 0.418 e. The molecule has 1 unspecified atom stereocenters. The molecule has 1 aliphatic heterocycles. The minimum Gasteiger partial charge on any atom is -0.418 e. The van der Waals surface area contributed by atoms with Crippen LogP contribution in [0.15, 0.2) is 22.7 Å². The van der Waals surface area contributed by atoms with Crippen LogP contribution in [0.4, 0.5) is 0 Å². The molecule has 0 amide bonds. The Morgan fingerprint density at radius 3 is 2.95 bits per heavy atom. The number of pyridine rings is 1. The minimum atomic E-state index is -0.611. The number of aromatic nitrogens is 3. The highest BCUT2D eigenvalue weighted by Crippen LogP contribution is 2.33. The summed E-state index contributed by atoms with van der Waals surface area (Å²) < 4.78 is 16.6. The van der Waals surface area contributed by atoms with E-state index in [1.807, 2.05) is 25.1 Å². The summed E-state index contributed by atoms with van der Waals surface area (Å²) in [7, 11) is 1.63. The monoisotopic (exact) mass is 287 g/mol. The topological polar surface area (TPSA) is 70.3 Å². The summed E-state index contributed by atoms with van der Waals surface area (Å²) in [4.78, 5) is 4.29. The van der Waals surface area contributed by atoms with Crippen LogP contribution in [0.2, 0.25) is 0 Å². The molecule has 0 N–H and O–H groups in total. The van der Waals surface area contributed by atoms with E-state index in [-0.39, 0.29) is 0 Å². The second kappa shape index (κ2) is 5.75. The van der Waals surface area contributed by atoms with E-state index in [1.165, 1.54) is 0 Å². The second-order valence-electron chi connectivity index (χ2n) is 4.99. The molecule has 1 atom stereocenters. The molecule has 1 fully saturated rings. The highest BCUT2D eigenvalue weighted by atomic mass is 16.6. The zero-order valence-electron chi connectivity index (χ0n) is 12.1. The molecule has 6 nitrogen and oxygen atoms in total. The molecule has 0 aromatic carbocycles. The molecule has 0 radical (unpaired) electrons. The molecule has 3 heterocycles. The van der Waals surface area contributed by atoms with Crippen molar-refractivity contribution in [3.05, 3.63) is 41.4 Å². The van der Waals surface area contributed by atoms with Gasteiger partial charge in [0.05, 0.1) is 18.9 Å². The molecule has 0 aliphatic carbocycles. The van der Waals surface area contributed by atoms with E-state index in [0.717, 1.165) is 11.3 Å². The van der Waals surface area contributed by atoms with Crippen molar-refractivity contribution in [2.45, 2.75) is 18.9 Å². The SMILES string of the molecule is COC1(c2nnc(C=Cc3ncccc3C)o2)CCOC1. The fourth-order valence-corrected chi connectivity index (χ4v) is 2.27. The van der Waals surface area contributed by atoms with Crippen molar-refractivity contribution in [2.24, 2.45) is 0 Å². The normalized spacial score (nSPS) is 22.2. The van der Waals surface area contributed by atoms with Gasteiger partial charge in [0.2, 0.25) is 5.89 Å². The van der Waals surface area contributed by atoms with Crippen molar-refractivity contribution in [1.82, 2.24) is 15.2 Å². The van der Waals surface area contributed by atoms with Crippen LogP contribution in [0, 0.1) is 6.92 Å². The molecule has 3 rings (SSSR count). The molecule has 21 heavy (non-hydrogen) atoms. The third kappa shape index (κ3) is 2.72. The van der Waals surface area contributed by atoms with Crippen molar-refractivity contribution in [3.8, 4) is 0 Å². The van der Waals surface area contributed by atoms with Crippen molar-refractivity contribution < 1.29 is 13.9 Å². The van der Waals surface area contributed by atoms with Crippen LogP contribution in [0.3, 0.4) is 0 Å². The van der Waals surface area contributed by atoms with Gasteiger partial charge in [-0.3, -0.25) is 4.98 Å². The summed E-state index contributed by atoms with van der Waals surface area (Å²) in [5.41, 5.74) is 1.36. The van der Waals surface area contributed by atoms with Gasteiger partial charge in [-0.1, -0.05) is 6.07 Å². The van der Waals surface area contributed by atoms with Gasteiger partial charge < -0.3 is 13.9 Å². The maximum absolute atomic E-state index is 5.68. The van der Waals surface area contributed by atoms with Gasteiger partial charge in [0.1, 0.15) is 0 Å². The number of ether oxygens (including phenoxy) is 2. The summed E-state index contributed by atoms with van der Waals surface area (Å²) in [5, 5.41) is 8.11. The fraction of sp³-hybridized carbons (Fsp3) is 0.400. The molecule has 0 bridgehead atoms. The minimum absolute atomic E-state index is 0.429. The number of rotatable bonds is 4. The summed E-state index contributed by atoms with van der Waals surface area (Å²) >= 11 is 0. The number of aryl methyl sites for hydroxylation is 1. The molecule has 6 heteroatoms. The van der Waals surface area contributed by atoms with Gasteiger partial charge in [-0.25, -0.2) is 0 Å². The van der Waals surface area contributed by atoms with Gasteiger partial charge in [0, 0.05) is 25.8 Å². The van der Waals surface area contributed by atoms with Gasteiger partial charge >= 0.3 is 0 Å². The average Bonchev–Trinajstić information content (AvgIpc) is 3.16. The van der Waals surface area contributed by atoms with Crippen molar-refractivity contribution in [1.29, 1.82) is 0 Å². The Hall–Kier alpha value is -2.05. The van der Waals surface area contributed by atoms with Crippen molar-refractivity contribution >= 4 is 12.2 Å².